The second-order valence-corrected chi connectivity index (χ2v) is 4.45. The summed E-state index contributed by atoms with van der Waals surface area (Å²) in [6, 6.07) is 11.0. The fourth-order valence-corrected chi connectivity index (χ4v) is 2.61. The molecule has 0 bridgehead atoms. The Morgan fingerprint density at radius 3 is 2.71 bits per heavy atom. The first kappa shape index (κ1) is 10.4. The van der Waals surface area contributed by atoms with E-state index in [1.54, 1.807) is 0 Å². The highest BCUT2D eigenvalue weighted by Crippen LogP contribution is 2.29. The molecule has 3 heteroatoms. The largest absolute Gasteiger partial charge is 0.357 e. The van der Waals surface area contributed by atoms with Gasteiger partial charge in [0.15, 0.2) is 0 Å². The molecule has 0 amide bonds. The van der Waals surface area contributed by atoms with Gasteiger partial charge in [0, 0.05) is 10.5 Å². The van der Waals surface area contributed by atoms with Crippen molar-refractivity contribution in [3.8, 4) is 0 Å². The second kappa shape index (κ2) is 4.59. The molecule has 2 nitrogen and oxygen atoms in total. The van der Waals surface area contributed by atoms with Gasteiger partial charge in [-0.15, -0.1) is 0 Å². The minimum absolute atomic E-state index is 0.149. The van der Waals surface area contributed by atoms with Crippen LogP contribution in [0.4, 0.5) is 0 Å². The van der Waals surface area contributed by atoms with E-state index in [1.807, 2.05) is 6.07 Å². The lowest BCUT2D eigenvalue weighted by Gasteiger charge is -2.22. The Bertz CT molecular complexity index is 291. The zero-order valence-electron chi connectivity index (χ0n) is 8.19. The normalized spacial score (nSPS) is 28.1. The first-order valence-corrected chi connectivity index (χ1v) is 6.30. The lowest BCUT2D eigenvalue weighted by atomic mass is 10.2. The fourth-order valence-electron chi connectivity index (χ4n) is 1.73. The Labute approximate surface area is 98.4 Å². The number of benzene rings is 1. The smallest absolute Gasteiger partial charge is 0.136 e. The van der Waals surface area contributed by atoms with E-state index >= 15 is 0 Å². The molecule has 0 N–H and O–H groups in total. The zero-order valence-corrected chi connectivity index (χ0v) is 10.3. The van der Waals surface area contributed by atoms with Crippen LogP contribution in [0.25, 0.3) is 0 Å². The van der Waals surface area contributed by atoms with Crippen molar-refractivity contribution < 1.29 is 4.74 Å². The van der Waals surface area contributed by atoms with E-state index in [9.17, 15) is 0 Å². The predicted molar refractivity (Wildman–Crippen MR) is 65.6 cm³/mol. The molecule has 1 saturated heterocycles. The van der Waals surface area contributed by atoms with Crippen molar-refractivity contribution in [2.75, 3.05) is 18.1 Å². The molecule has 2 rings (SSSR count). The summed E-state index contributed by atoms with van der Waals surface area (Å²) in [6.45, 7) is 0.846. The zero-order chi connectivity index (χ0) is 9.97. The molecule has 1 aliphatic heterocycles. The predicted octanol–water partition coefficient (Wildman–Crippen LogP) is 2.45. The highest BCUT2D eigenvalue weighted by atomic mass is 127. The number of nitrogens with zero attached hydrogens (tertiary/aromatic N) is 1. The van der Waals surface area contributed by atoms with Crippen molar-refractivity contribution in [1.29, 1.82) is 0 Å². The van der Waals surface area contributed by atoms with Crippen molar-refractivity contribution in [2.24, 2.45) is 0 Å². The van der Waals surface area contributed by atoms with Crippen molar-refractivity contribution in [2.45, 2.75) is 12.3 Å². The quantitative estimate of drug-likeness (QED) is 0.615. The summed E-state index contributed by atoms with van der Waals surface area (Å²) in [5, 5.41) is 0. The van der Waals surface area contributed by atoms with Gasteiger partial charge in [-0.05, 0) is 12.6 Å². The third-order valence-corrected chi connectivity index (χ3v) is 3.67. The van der Waals surface area contributed by atoms with Crippen LogP contribution >= 0.6 is 22.6 Å². The Morgan fingerprint density at radius 2 is 2.14 bits per heavy atom. The number of rotatable bonds is 2. The van der Waals surface area contributed by atoms with Crippen LogP contribution < -0.4 is 0 Å². The number of likely N-dealkylation sites (N-methyl/N-ethyl adjacent to an activating group) is 1. The number of hydrogen-bond donors (Lipinski definition) is 0. The topological polar surface area (TPSA) is 12.5 Å². The van der Waals surface area contributed by atoms with Crippen LogP contribution in [0.3, 0.4) is 0 Å². The Hall–Kier alpha value is -0.130. The number of hydrogen-bond acceptors (Lipinski definition) is 2. The minimum Gasteiger partial charge on any atom is -0.357 e. The lowest BCUT2D eigenvalue weighted by molar-refractivity contribution is 0.0439. The van der Waals surface area contributed by atoms with Gasteiger partial charge in [-0.1, -0.05) is 52.9 Å². The van der Waals surface area contributed by atoms with Gasteiger partial charge in [0.2, 0.25) is 0 Å². The van der Waals surface area contributed by atoms with Crippen LogP contribution in [0.5, 0.6) is 0 Å². The Kier molecular flexibility index (Phi) is 3.41. The molecule has 76 valence electrons. The monoisotopic (exact) mass is 303 g/mol. The molecule has 0 radical (unpaired) electrons. The molecule has 0 saturated carbocycles. The highest BCUT2D eigenvalue weighted by molar-refractivity contribution is 14.1. The molecule has 2 unspecified atom stereocenters. The third-order valence-electron chi connectivity index (χ3n) is 2.66. The standard InChI is InChI=1S/C11H14INO/c1-13-10(7-12)8-14-11(13)9-5-3-2-4-6-9/h2-6,10-11H,7-8H2,1H3. The molecule has 14 heavy (non-hydrogen) atoms. The molecular weight excluding hydrogens is 289 g/mol. The van der Waals surface area contributed by atoms with Gasteiger partial charge in [0.25, 0.3) is 0 Å². The maximum absolute atomic E-state index is 5.78. The van der Waals surface area contributed by atoms with Crippen molar-refractivity contribution in [1.82, 2.24) is 4.90 Å². The van der Waals surface area contributed by atoms with Crippen LogP contribution in [0.15, 0.2) is 30.3 Å². The maximum atomic E-state index is 5.78. The summed E-state index contributed by atoms with van der Waals surface area (Å²) in [6.07, 6.45) is 0.149. The van der Waals surface area contributed by atoms with Crippen LogP contribution in [0.1, 0.15) is 11.8 Å². The van der Waals surface area contributed by atoms with Crippen molar-refractivity contribution in [3.63, 3.8) is 0 Å². The van der Waals surface area contributed by atoms with Crippen LogP contribution in [0.2, 0.25) is 0 Å². The molecule has 1 aliphatic rings. The first-order valence-electron chi connectivity index (χ1n) is 4.77. The molecule has 0 aliphatic carbocycles. The summed E-state index contributed by atoms with van der Waals surface area (Å²) < 4.78 is 6.90. The molecule has 0 spiro atoms. The molecular formula is C11H14INO. The van der Waals surface area contributed by atoms with Gasteiger partial charge in [-0.25, -0.2) is 0 Å². The van der Waals surface area contributed by atoms with E-state index in [0.717, 1.165) is 11.0 Å². The first-order chi connectivity index (χ1) is 6.83. The number of halogens is 1. The molecule has 1 fully saturated rings. The SMILES string of the molecule is CN1C(CI)COC1c1ccccc1. The van der Waals surface area contributed by atoms with Crippen LogP contribution in [-0.2, 0) is 4.74 Å². The van der Waals surface area contributed by atoms with Gasteiger partial charge in [-0.3, -0.25) is 4.90 Å². The van der Waals surface area contributed by atoms with Crippen molar-refractivity contribution >= 4 is 22.6 Å². The fraction of sp³-hybridized carbons (Fsp3) is 0.455. The van der Waals surface area contributed by atoms with Crippen LogP contribution in [0, 0.1) is 0 Å². The van der Waals surface area contributed by atoms with Gasteiger partial charge < -0.3 is 4.74 Å². The molecule has 1 heterocycles. The van der Waals surface area contributed by atoms with Gasteiger partial charge >= 0.3 is 0 Å². The van der Waals surface area contributed by atoms with E-state index in [1.165, 1.54) is 5.56 Å². The van der Waals surface area contributed by atoms with E-state index in [2.05, 4.69) is 58.8 Å². The maximum Gasteiger partial charge on any atom is 0.136 e. The summed E-state index contributed by atoms with van der Waals surface area (Å²) in [5.41, 5.74) is 1.25. The number of alkyl halides is 1. The highest BCUT2D eigenvalue weighted by Gasteiger charge is 2.31. The lowest BCUT2D eigenvalue weighted by Crippen LogP contribution is -2.29. The average Bonchev–Trinajstić information content (AvgIpc) is 2.61. The molecule has 0 aromatic heterocycles. The minimum atomic E-state index is 0.149. The summed E-state index contributed by atoms with van der Waals surface area (Å²) in [7, 11) is 2.13. The van der Waals surface area contributed by atoms with Crippen LogP contribution in [-0.4, -0.2) is 29.0 Å². The summed E-state index contributed by atoms with van der Waals surface area (Å²) in [4.78, 5) is 2.31. The van der Waals surface area contributed by atoms with E-state index in [0.29, 0.717) is 6.04 Å². The second-order valence-electron chi connectivity index (χ2n) is 3.57. The number of ether oxygens (including phenoxy) is 1. The van der Waals surface area contributed by atoms with Gasteiger partial charge in [0.05, 0.1) is 6.61 Å². The van der Waals surface area contributed by atoms with E-state index in [4.69, 9.17) is 4.74 Å². The summed E-state index contributed by atoms with van der Waals surface area (Å²) >= 11 is 2.41. The Morgan fingerprint density at radius 1 is 1.43 bits per heavy atom. The van der Waals surface area contributed by atoms with Crippen molar-refractivity contribution in [3.05, 3.63) is 35.9 Å². The Balaban J connectivity index is 2.14. The van der Waals surface area contributed by atoms with E-state index in [-0.39, 0.29) is 6.23 Å². The molecule has 1 aromatic carbocycles. The third kappa shape index (κ3) is 1.94. The van der Waals surface area contributed by atoms with Gasteiger partial charge in [-0.2, -0.15) is 0 Å². The summed E-state index contributed by atoms with van der Waals surface area (Å²) in [5.74, 6) is 0. The molecule has 1 aromatic rings. The average molecular weight is 303 g/mol. The van der Waals surface area contributed by atoms with Gasteiger partial charge in [0.1, 0.15) is 6.23 Å². The molecule has 2 atom stereocenters. The van der Waals surface area contributed by atoms with E-state index < -0.39 is 0 Å².